The molecular formula is C22H19N3O2. The minimum atomic E-state index is -0.279. The van der Waals surface area contributed by atoms with Crippen molar-refractivity contribution in [3.8, 4) is 0 Å². The van der Waals surface area contributed by atoms with Crippen LogP contribution in [0.15, 0.2) is 66.9 Å². The zero-order valence-corrected chi connectivity index (χ0v) is 15.0. The average Bonchev–Trinajstić information content (AvgIpc) is 3.12. The minimum Gasteiger partial charge on any atom is -0.340 e. The number of rotatable bonds is 4. The van der Waals surface area contributed by atoms with Gasteiger partial charge in [0.2, 0.25) is 0 Å². The number of ketones is 1. The first-order valence-electron chi connectivity index (χ1n) is 8.86. The second-order valence-corrected chi connectivity index (χ2v) is 6.52. The number of Topliss-reactive ketones (excluding diaryl/α,β-unsaturated/α-hetero) is 1. The summed E-state index contributed by atoms with van der Waals surface area (Å²) in [4.78, 5) is 30.3. The van der Waals surface area contributed by atoms with Crippen LogP contribution >= 0.6 is 0 Å². The number of benzene rings is 2. The van der Waals surface area contributed by atoms with Crippen LogP contribution in [0.3, 0.4) is 0 Å². The molecule has 0 fully saturated rings. The van der Waals surface area contributed by atoms with E-state index in [2.05, 4.69) is 33.4 Å². The Labute approximate surface area is 157 Å². The summed E-state index contributed by atoms with van der Waals surface area (Å²) in [6, 6.07) is 18.8. The van der Waals surface area contributed by atoms with E-state index in [1.165, 1.54) is 18.2 Å². The first kappa shape index (κ1) is 17.0. The van der Waals surface area contributed by atoms with Crippen molar-refractivity contribution in [3.05, 3.63) is 83.7 Å². The van der Waals surface area contributed by atoms with E-state index in [9.17, 15) is 9.59 Å². The summed E-state index contributed by atoms with van der Waals surface area (Å²) >= 11 is 0. The van der Waals surface area contributed by atoms with Crippen LogP contribution in [0.2, 0.25) is 0 Å². The summed E-state index contributed by atoms with van der Waals surface area (Å²) in [6.45, 7) is 2.42. The van der Waals surface area contributed by atoms with Gasteiger partial charge < -0.3 is 10.2 Å². The molecule has 2 heterocycles. The van der Waals surface area contributed by atoms with Gasteiger partial charge in [-0.25, -0.2) is 4.98 Å². The van der Waals surface area contributed by atoms with Gasteiger partial charge in [-0.05, 0) is 61.4 Å². The molecule has 0 bridgehead atoms. The summed E-state index contributed by atoms with van der Waals surface area (Å²) in [5.41, 5.74) is 5.09. The highest BCUT2D eigenvalue weighted by molar-refractivity contribution is 6.03. The first-order chi connectivity index (χ1) is 13.1. The van der Waals surface area contributed by atoms with Crippen molar-refractivity contribution in [2.45, 2.75) is 13.3 Å². The van der Waals surface area contributed by atoms with Crippen molar-refractivity contribution >= 4 is 28.8 Å². The number of amides is 1. The predicted octanol–water partition coefficient (Wildman–Crippen LogP) is 4.23. The predicted molar refractivity (Wildman–Crippen MR) is 106 cm³/mol. The zero-order valence-electron chi connectivity index (χ0n) is 15.0. The van der Waals surface area contributed by atoms with Crippen LogP contribution < -0.4 is 10.2 Å². The van der Waals surface area contributed by atoms with Crippen molar-refractivity contribution in [2.24, 2.45) is 0 Å². The molecule has 27 heavy (non-hydrogen) atoms. The van der Waals surface area contributed by atoms with Gasteiger partial charge in [0.05, 0.1) is 11.9 Å². The van der Waals surface area contributed by atoms with Crippen molar-refractivity contribution in [1.82, 2.24) is 4.98 Å². The minimum absolute atomic E-state index is 0.00591. The Hall–Kier alpha value is -3.47. The van der Waals surface area contributed by atoms with E-state index in [-0.39, 0.29) is 11.7 Å². The van der Waals surface area contributed by atoms with Crippen LogP contribution in [-0.4, -0.2) is 23.2 Å². The molecule has 0 atom stereocenters. The van der Waals surface area contributed by atoms with Crippen molar-refractivity contribution in [3.63, 3.8) is 0 Å². The van der Waals surface area contributed by atoms with E-state index in [1.54, 1.807) is 36.5 Å². The molecule has 3 aromatic rings. The summed E-state index contributed by atoms with van der Waals surface area (Å²) in [7, 11) is 0. The Kier molecular flexibility index (Phi) is 4.42. The molecule has 4 rings (SSSR count). The number of fused-ring (bicyclic) bond motifs is 1. The Morgan fingerprint density at radius 3 is 2.48 bits per heavy atom. The van der Waals surface area contributed by atoms with E-state index in [1.807, 2.05) is 12.1 Å². The third kappa shape index (κ3) is 3.44. The highest BCUT2D eigenvalue weighted by atomic mass is 16.2. The van der Waals surface area contributed by atoms with Crippen LogP contribution in [0.25, 0.3) is 0 Å². The molecule has 2 aromatic carbocycles. The molecule has 0 radical (unpaired) electrons. The summed E-state index contributed by atoms with van der Waals surface area (Å²) in [5, 5.41) is 2.80. The fraction of sp³-hybridized carbons (Fsp3) is 0.136. The van der Waals surface area contributed by atoms with Gasteiger partial charge >= 0.3 is 0 Å². The highest BCUT2D eigenvalue weighted by Gasteiger charge is 2.20. The molecular weight excluding hydrogens is 338 g/mol. The number of nitrogens with one attached hydrogen (secondary N) is 1. The molecule has 0 saturated heterocycles. The lowest BCUT2D eigenvalue weighted by atomic mass is 10.1. The fourth-order valence-corrected chi connectivity index (χ4v) is 3.27. The van der Waals surface area contributed by atoms with Gasteiger partial charge in [-0.3, -0.25) is 9.59 Å². The highest BCUT2D eigenvalue weighted by Crippen LogP contribution is 2.33. The molecule has 1 N–H and O–H groups in total. The monoisotopic (exact) mass is 357 g/mol. The van der Waals surface area contributed by atoms with Crippen molar-refractivity contribution in [2.75, 3.05) is 16.8 Å². The van der Waals surface area contributed by atoms with Gasteiger partial charge in [0.25, 0.3) is 5.91 Å². The van der Waals surface area contributed by atoms with Crippen LogP contribution in [0.4, 0.5) is 17.1 Å². The van der Waals surface area contributed by atoms with Gasteiger partial charge in [-0.15, -0.1) is 0 Å². The standard InChI is InChI=1S/C22H19N3O2/c1-15(26)16-6-8-18(9-7-16)24-22(27)20-11-10-19(14-23-20)25-13-12-17-4-2-3-5-21(17)25/h2-11,14H,12-13H2,1H3,(H,24,27). The lowest BCUT2D eigenvalue weighted by Crippen LogP contribution is -2.16. The third-order valence-electron chi connectivity index (χ3n) is 4.73. The second-order valence-electron chi connectivity index (χ2n) is 6.52. The number of carbonyl (C=O) groups excluding carboxylic acids is 2. The molecule has 0 aliphatic carbocycles. The summed E-state index contributed by atoms with van der Waals surface area (Å²) in [6.07, 6.45) is 2.74. The van der Waals surface area contributed by atoms with E-state index in [0.717, 1.165) is 18.7 Å². The lowest BCUT2D eigenvalue weighted by molar-refractivity contribution is 0.101. The number of pyridine rings is 1. The Morgan fingerprint density at radius 1 is 1.00 bits per heavy atom. The molecule has 0 spiro atoms. The number of aromatic nitrogens is 1. The largest absolute Gasteiger partial charge is 0.340 e. The normalized spacial score (nSPS) is 12.6. The Morgan fingerprint density at radius 2 is 1.78 bits per heavy atom. The zero-order chi connectivity index (χ0) is 18.8. The summed E-state index contributed by atoms with van der Waals surface area (Å²) in [5.74, 6) is -0.285. The Balaban J connectivity index is 1.47. The SMILES string of the molecule is CC(=O)c1ccc(NC(=O)c2ccc(N3CCc4ccccc43)cn2)cc1. The fourth-order valence-electron chi connectivity index (χ4n) is 3.27. The molecule has 134 valence electrons. The number of carbonyl (C=O) groups is 2. The molecule has 5 heteroatoms. The van der Waals surface area contributed by atoms with Gasteiger partial charge in [0.15, 0.2) is 5.78 Å². The van der Waals surface area contributed by atoms with E-state index < -0.39 is 0 Å². The third-order valence-corrected chi connectivity index (χ3v) is 4.73. The van der Waals surface area contributed by atoms with Crippen molar-refractivity contribution in [1.29, 1.82) is 0 Å². The number of hydrogen-bond acceptors (Lipinski definition) is 4. The smallest absolute Gasteiger partial charge is 0.274 e. The number of anilines is 3. The number of para-hydroxylation sites is 1. The molecule has 1 amide bonds. The Bertz CT molecular complexity index is 995. The molecule has 0 saturated carbocycles. The van der Waals surface area contributed by atoms with E-state index >= 15 is 0 Å². The van der Waals surface area contributed by atoms with E-state index in [4.69, 9.17) is 0 Å². The summed E-state index contributed by atoms with van der Waals surface area (Å²) < 4.78 is 0. The quantitative estimate of drug-likeness (QED) is 0.710. The van der Waals surface area contributed by atoms with Crippen LogP contribution in [0.5, 0.6) is 0 Å². The van der Waals surface area contributed by atoms with Gasteiger partial charge in [-0.2, -0.15) is 0 Å². The topological polar surface area (TPSA) is 62.3 Å². The second kappa shape index (κ2) is 7.03. The van der Waals surface area contributed by atoms with Crippen LogP contribution in [0.1, 0.15) is 33.3 Å². The number of hydrogen-bond donors (Lipinski definition) is 1. The molecule has 5 nitrogen and oxygen atoms in total. The first-order valence-corrected chi connectivity index (χ1v) is 8.86. The maximum atomic E-state index is 12.4. The van der Waals surface area contributed by atoms with Gasteiger partial charge in [0, 0.05) is 23.5 Å². The maximum Gasteiger partial charge on any atom is 0.274 e. The number of nitrogens with zero attached hydrogens (tertiary/aromatic N) is 2. The van der Waals surface area contributed by atoms with Crippen LogP contribution in [-0.2, 0) is 6.42 Å². The molecule has 1 aliphatic rings. The van der Waals surface area contributed by atoms with Gasteiger partial charge in [0.1, 0.15) is 5.69 Å². The molecule has 0 unspecified atom stereocenters. The van der Waals surface area contributed by atoms with Crippen LogP contribution in [0, 0.1) is 0 Å². The lowest BCUT2D eigenvalue weighted by Gasteiger charge is -2.19. The van der Waals surface area contributed by atoms with Gasteiger partial charge in [-0.1, -0.05) is 18.2 Å². The molecule has 1 aromatic heterocycles. The van der Waals surface area contributed by atoms with E-state index in [0.29, 0.717) is 16.9 Å². The maximum absolute atomic E-state index is 12.4. The van der Waals surface area contributed by atoms with Crippen molar-refractivity contribution < 1.29 is 9.59 Å². The average molecular weight is 357 g/mol. The molecule has 1 aliphatic heterocycles.